The van der Waals surface area contributed by atoms with Gasteiger partial charge in [-0.25, -0.2) is 9.18 Å². The van der Waals surface area contributed by atoms with Crippen LogP contribution in [0.3, 0.4) is 0 Å². The van der Waals surface area contributed by atoms with E-state index in [-0.39, 0.29) is 0 Å². The Balaban J connectivity index is 2.63. The average Bonchev–Trinajstić information content (AvgIpc) is 2.16. The molecule has 0 aromatic heterocycles. The van der Waals surface area contributed by atoms with Gasteiger partial charge in [-0.05, 0) is 32.0 Å². The summed E-state index contributed by atoms with van der Waals surface area (Å²) < 4.78 is 12.8. The van der Waals surface area contributed by atoms with Crippen LogP contribution in [0.1, 0.15) is 13.8 Å². The van der Waals surface area contributed by atoms with E-state index >= 15 is 0 Å². The monoisotopic (exact) mass is 220 g/mol. The quantitative estimate of drug-likeness (QED) is 0.738. The summed E-state index contributed by atoms with van der Waals surface area (Å²) in [5.41, 5.74) is -0.359. The summed E-state index contributed by atoms with van der Waals surface area (Å²) in [5, 5.41) is 5.05. The van der Waals surface area contributed by atoms with E-state index in [4.69, 9.17) is 6.42 Å². The van der Waals surface area contributed by atoms with Crippen molar-refractivity contribution >= 4 is 11.7 Å². The number of urea groups is 1. The van der Waals surface area contributed by atoms with Crippen LogP contribution >= 0.6 is 0 Å². The molecule has 16 heavy (non-hydrogen) atoms. The predicted octanol–water partition coefficient (Wildman–Crippen LogP) is 2.36. The third-order valence-corrected chi connectivity index (χ3v) is 1.87. The van der Waals surface area contributed by atoms with Crippen LogP contribution in [0.5, 0.6) is 0 Å². The molecule has 1 aromatic carbocycles. The largest absolute Gasteiger partial charge is 0.322 e. The fraction of sp³-hybridized carbons (Fsp3) is 0.250. The van der Waals surface area contributed by atoms with Crippen LogP contribution in [0.15, 0.2) is 24.3 Å². The molecule has 0 radical (unpaired) electrons. The van der Waals surface area contributed by atoms with Crippen molar-refractivity contribution in [1.82, 2.24) is 5.32 Å². The second-order valence-corrected chi connectivity index (χ2v) is 3.86. The Labute approximate surface area is 94.0 Å². The van der Waals surface area contributed by atoms with Gasteiger partial charge in [0, 0.05) is 5.69 Å². The maximum atomic E-state index is 12.8. The molecule has 0 aliphatic rings. The van der Waals surface area contributed by atoms with Crippen LogP contribution in [0.4, 0.5) is 14.9 Å². The van der Waals surface area contributed by atoms with Crippen molar-refractivity contribution in [3.63, 3.8) is 0 Å². The van der Waals surface area contributed by atoms with Crippen molar-refractivity contribution in [1.29, 1.82) is 0 Å². The number of hydrogen-bond donors (Lipinski definition) is 2. The van der Waals surface area contributed by atoms with E-state index in [0.29, 0.717) is 5.69 Å². The highest BCUT2D eigenvalue weighted by Gasteiger charge is 2.16. The van der Waals surface area contributed by atoms with Gasteiger partial charge in [-0.3, -0.25) is 0 Å². The van der Waals surface area contributed by atoms with Gasteiger partial charge in [0.05, 0.1) is 5.54 Å². The number of benzene rings is 1. The van der Waals surface area contributed by atoms with Gasteiger partial charge in [0.1, 0.15) is 5.82 Å². The van der Waals surface area contributed by atoms with Gasteiger partial charge in [0.25, 0.3) is 0 Å². The van der Waals surface area contributed by atoms with Crippen molar-refractivity contribution in [2.45, 2.75) is 19.4 Å². The van der Waals surface area contributed by atoms with E-state index in [2.05, 4.69) is 16.6 Å². The van der Waals surface area contributed by atoms with Gasteiger partial charge in [0.2, 0.25) is 0 Å². The van der Waals surface area contributed by atoms with E-state index in [9.17, 15) is 9.18 Å². The van der Waals surface area contributed by atoms with Crippen LogP contribution < -0.4 is 10.6 Å². The first-order chi connectivity index (χ1) is 7.43. The minimum atomic E-state index is -0.739. The third kappa shape index (κ3) is 3.62. The molecule has 2 N–H and O–H groups in total. The fourth-order valence-corrected chi connectivity index (χ4v) is 1.05. The lowest BCUT2D eigenvalue weighted by Gasteiger charge is -2.19. The summed E-state index contributed by atoms with van der Waals surface area (Å²) in [6, 6.07) is 5.16. The van der Waals surface area contributed by atoms with Crippen LogP contribution in [-0.4, -0.2) is 11.6 Å². The summed E-state index contributed by atoms with van der Waals surface area (Å²) in [6.45, 7) is 3.39. The van der Waals surface area contributed by atoms with Gasteiger partial charge < -0.3 is 10.6 Å². The Kier molecular flexibility index (Phi) is 3.51. The van der Waals surface area contributed by atoms with Crippen LogP contribution in [-0.2, 0) is 0 Å². The zero-order valence-electron chi connectivity index (χ0n) is 9.17. The molecule has 0 aliphatic heterocycles. The smallest absolute Gasteiger partial charge is 0.320 e. The number of carbonyl (C=O) groups excluding carboxylic acids is 1. The summed E-state index contributed by atoms with van der Waals surface area (Å²) in [6.07, 6.45) is 5.22. The summed E-state index contributed by atoms with van der Waals surface area (Å²) >= 11 is 0. The molecule has 1 aromatic rings. The molecule has 0 heterocycles. The number of nitrogens with one attached hydrogen (secondary N) is 2. The second-order valence-electron chi connectivity index (χ2n) is 3.86. The van der Waals surface area contributed by atoms with Crippen molar-refractivity contribution < 1.29 is 9.18 Å². The average molecular weight is 220 g/mol. The zero-order valence-corrected chi connectivity index (χ0v) is 9.17. The maximum Gasteiger partial charge on any atom is 0.320 e. The van der Waals surface area contributed by atoms with Gasteiger partial charge in [-0.15, -0.1) is 6.42 Å². The lowest BCUT2D eigenvalue weighted by Crippen LogP contribution is -2.44. The maximum absolute atomic E-state index is 12.8. The van der Waals surface area contributed by atoms with Crippen LogP contribution in [0.2, 0.25) is 0 Å². The minimum Gasteiger partial charge on any atom is -0.322 e. The van der Waals surface area contributed by atoms with Crippen molar-refractivity contribution in [3.8, 4) is 12.3 Å². The molecular formula is C12H13FN2O. The van der Waals surface area contributed by atoms with E-state index in [1.807, 2.05) is 0 Å². The molecule has 2 amide bonds. The van der Waals surface area contributed by atoms with Crippen LogP contribution in [0.25, 0.3) is 0 Å². The molecule has 4 heteroatoms. The topological polar surface area (TPSA) is 41.1 Å². The highest BCUT2D eigenvalue weighted by Crippen LogP contribution is 2.09. The molecule has 0 fully saturated rings. The van der Waals surface area contributed by atoms with Crippen molar-refractivity contribution in [2.75, 3.05) is 5.32 Å². The molecule has 3 nitrogen and oxygen atoms in total. The van der Waals surface area contributed by atoms with E-state index in [1.54, 1.807) is 19.9 Å². The number of carbonyl (C=O) groups is 1. The molecule has 0 bridgehead atoms. The zero-order chi connectivity index (χ0) is 12.2. The number of amides is 2. The Morgan fingerprint density at radius 3 is 2.75 bits per heavy atom. The number of rotatable bonds is 2. The van der Waals surface area contributed by atoms with Gasteiger partial charge in [-0.1, -0.05) is 12.0 Å². The standard InChI is InChI=1S/C12H13FN2O/c1-4-12(2,3)15-11(16)14-10-7-5-6-9(13)8-10/h1,5-8H,2-3H3,(H2,14,15,16). The van der Waals surface area contributed by atoms with Crippen molar-refractivity contribution in [3.05, 3.63) is 30.1 Å². The summed E-state index contributed by atoms with van der Waals surface area (Å²) in [5.74, 6) is 2.02. The van der Waals surface area contributed by atoms with Crippen molar-refractivity contribution in [2.24, 2.45) is 0 Å². The Morgan fingerprint density at radius 1 is 1.50 bits per heavy atom. The van der Waals surface area contributed by atoms with Crippen LogP contribution in [0, 0.1) is 18.2 Å². The molecule has 0 atom stereocenters. The van der Waals surface area contributed by atoms with Gasteiger partial charge in [0.15, 0.2) is 0 Å². The Morgan fingerprint density at radius 2 is 2.19 bits per heavy atom. The molecule has 0 spiro atoms. The Hall–Kier alpha value is -2.02. The highest BCUT2D eigenvalue weighted by molar-refractivity contribution is 5.89. The molecular weight excluding hydrogens is 207 g/mol. The highest BCUT2D eigenvalue weighted by atomic mass is 19.1. The molecule has 0 aliphatic carbocycles. The predicted molar refractivity (Wildman–Crippen MR) is 61.5 cm³/mol. The van der Waals surface area contributed by atoms with E-state index in [1.165, 1.54) is 18.2 Å². The number of terminal acetylenes is 1. The summed E-state index contributed by atoms with van der Waals surface area (Å²) in [4.78, 5) is 11.5. The lowest BCUT2D eigenvalue weighted by atomic mass is 10.1. The van der Waals surface area contributed by atoms with Gasteiger partial charge in [-0.2, -0.15) is 0 Å². The molecule has 1 rings (SSSR count). The molecule has 0 saturated heterocycles. The number of hydrogen-bond acceptors (Lipinski definition) is 1. The lowest BCUT2D eigenvalue weighted by molar-refractivity contribution is 0.247. The molecule has 0 saturated carbocycles. The number of halogens is 1. The van der Waals surface area contributed by atoms with E-state index in [0.717, 1.165) is 0 Å². The first-order valence-corrected chi connectivity index (χ1v) is 4.75. The number of anilines is 1. The first-order valence-electron chi connectivity index (χ1n) is 4.75. The fourth-order valence-electron chi connectivity index (χ4n) is 1.05. The molecule has 84 valence electrons. The Bertz CT molecular complexity index is 435. The minimum absolute atomic E-state index is 0.380. The first kappa shape index (κ1) is 12.1. The van der Waals surface area contributed by atoms with Gasteiger partial charge >= 0.3 is 6.03 Å². The summed E-state index contributed by atoms with van der Waals surface area (Å²) in [7, 11) is 0. The molecule has 0 unspecified atom stereocenters. The normalized spacial score (nSPS) is 10.4. The second kappa shape index (κ2) is 4.67. The SMILES string of the molecule is C#CC(C)(C)NC(=O)Nc1cccc(F)c1. The van der Waals surface area contributed by atoms with E-state index < -0.39 is 17.4 Å². The third-order valence-electron chi connectivity index (χ3n) is 1.87.